The van der Waals surface area contributed by atoms with Gasteiger partial charge in [0.25, 0.3) is 0 Å². The average molecular weight is 348 g/mol. The molecule has 0 heterocycles. The highest BCUT2D eigenvalue weighted by molar-refractivity contribution is 9.10. The summed E-state index contributed by atoms with van der Waals surface area (Å²) in [5, 5.41) is 4.34. The van der Waals surface area contributed by atoms with Crippen molar-refractivity contribution in [3.8, 4) is 0 Å². The third kappa shape index (κ3) is 5.42. The Morgan fingerprint density at radius 3 is 2.63 bits per heavy atom. The lowest BCUT2D eigenvalue weighted by Gasteiger charge is -2.24. The van der Waals surface area contributed by atoms with Crippen LogP contribution in [0.2, 0.25) is 5.02 Å². The largest absolute Gasteiger partial charge is 0.309 e. The summed E-state index contributed by atoms with van der Waals surface area (Å²) in [6.07, 6.45) is 1.19. The molecule has 1 aromatic carbocycles. The standard InChI is InChI=1S/C15H24BrClN2/c1-5-11(2)19(4)9-8-18-12(3)14-7-6-13(16)10-15(14)17/h6-7,10-12,18H,5,8-9H2,1-4H3. The van der Waals surface area contributed by atoms with Crippen LogP contribution < -0.4 is 5.32 Å². The molecule has 0 amide bonds. The molecule has 0 aliphatic rings. The number of nitrogens with zero attached hydrogens (tertiary/aromatic N) is 1. The summed E-state index contributed by atoms with van der Waals surface area (Å²) in [5.74, 6) is 0. The van der Waals surface area contributed by atoms with Crippen LogP contribution in [0.4, 0.5) is 0 Å². The Bertz CT molecular complexity index is 398. The van der Waals surface area contributed by atoms with E-state index in [1.807, 2.05) is 12.1 Å². The van der Waals surface area contributed by atoms with Gasteiger partial charge >= 0.3 is 0 Å². The van der Waals surface area contributed by atoms with Crippen molar-refractivity contribution in [3.63, 3.8) is 0 Å². The van der Waals surface area contributed by atoms with Gasteiger partial charge in [-0.1, -0.05) is 40.5 Å². The minimum Gasteiger partial charge on any atom is -0.309 e. The fourth-order valence-electron chi connectivity index (χ4n) is 1.95. The molecular weight excluding hydrogens is 324 g/mol. The van der Waals surface area contributed by atoms with Crippen LogP contribution in [0.3, 0.4) is 0 Å². The SMILES string of the molecule is CCC(C)N(C)CCNC(C)c1ccc(Br)cc1Cl. The first-order valence-corrected chi connectivity index (χ1v) is 8.01. The summed E-state index contributed by atoms with van der Waals surface area (Å²) in [6, 6.07) is 6.95. The summed E-state index contributed by atoms with van der Waals surface area (Å²) in [5.41, 5.74) is 1.15. The Kier molecular flexibility index (Phi) is 7.37. The fourth-order valence-corrected chi connectivity index (χ4v) is 2.79. The summed E-state index contributed by atoms with van der Waals surface area (Å²) >= 11 is 9.69. The van der Waals surface area contributed by atoms with E-state index in [9.17, 15) is 0 Å². The molecule has 108 valence electrons. The van der Waals surface area contributed by atoms with Crippen molar-refractivity contribution in [2.75, 3.05) is 20.1 Å². The molecule has 0 radical (unpaired) electrons. The van der Waals surface area contributed by atoms with Crippen molar-refractivity contribution >= 4 is 27.5 Å². The zero-order valence-electron chi connectivity index (χ0n) is 12.2. The maximum Gasteiger partial charge on any atom is 0.0464 e. The summed E-state index contributed by atoms with van der Waals surface area (Å²) in [6.45, 7) is 8.65. The van der Waals surface area contributed by atoms with E-state index in [1.54, 1.807) is 0 Å². The number of hydrogen-bond donors (Lipinski definition) is 1. The molecular formula is C15H24BrClN2. The Balaban J connectivity index is 2.45. The van der Waals surface area contributed by atoms with Crippen LogP contribution in [0.5, 0.6) is 0 Å². The highest BCUT2D eigenvalue weighted by Crippen LogP contribution is 2.26. The molecule has 0 fully saturated rings. The molecule has 2 unspecified atom stereocenters. The molecule has 19 heavy (non-hydrogen) atoms. The smallest absolute Gasteiger partial charge is 0.0464 e. The van der Waals surface area contributed by atoms with E-state index in [2.05, 4.69) is 60.0 Å². The Morgan fingerprint density at radius 1 is 1.37 bits per heavy atom. The third-order valence-corrected chi connectivity index (χ3v) is 4.51. The van der Waals surface area contributed by atoms with Crippen molar-refractivity contribution < 1.29 is 0 Å². The normalized spacial score (nSPS) is 14.7. The van der Waals surface area contributed by atoms with Crippen molar-refractivity contribution in [3.05, 3.63) is 33.3 Å². The zero-order valence-corrected chi connectivity index (χ0v) is 14.6. The van der Waals surface area contributed by atoms with Gasteiger partial charge in [0.1, 0.15) is 0 Å². The van der Waals surface area contributed by atoms with Crippen LogP contribution in [-0.4, -0.2) is 31.1 Å². The Morgan fingerprint density at radius 2 is 2.05 bits per heavy atom. The van der Waals surface area contributed by atoms with Gasteiger partial charge in [0, 0.05) is 34.7 Å². The third-order valence-electron chi connectivity index (χ3n) is 3.69. The predicted molar refractivity (Wildman–Crippen MR) is 88.0 cm³/mol. The van der Waals surface area contributed by atoms with Crippen LogP contribution in [0.25, 0.3) is 0 Å². The van der Waals surface area contributed by atoms with Crippen LogP contribution in [0.15, 0.2) is 22.7 Å². The quantitative estimate of drug-likeness (QED) is 0.782. The lowest BCUT2D eigenvalue weighted by atomic mass is 10.1. The Hall–Kier alpha value is -0.0900. The van der Waals surface area contributed by atoms with Gasteiger partial charge in [0.05, 0.1) is 0 Å². The van der Waals surface area contributed by atoms with Gasteiger partial charge in [-0.25, -0.2) is 0 Å². The van der Waals surface area contributed by atoms with Gasteiger partial charge in [0.15, 0.2) is 0 Å². The van der Waals surface area contributed by atoms with Gasteiger partial charge < -0.3 is 10.2 Å². The highest BCUT2D eigenvalue weighted by atomic mass is 79.9. The van der Waals surface area contributed by atoms with E-state index in [0.717, 1.165) is 28.1 Å². The van der Waals surface area contributed by atoms with Gasteiger partial charge in [-0.05, 0) is 45.0 Å². The molecule has 1 aromatic rings. The van der Waals surface area contributed by atoms with Crippen molar-refractivity contribution in [1.82, 2.24) is 10.2 Å². The second-order valence-corrected chi connectivity index (χ2v) is 6.40. The van der Waals surface area contributed by atoms with E-state index >= 15 is 0 Å². The number of benzene rings is 1. The lowest BCUT2D eigenvalue weighted by molar-refractivity contribution is 0.249. The van der Waals surface area contributed by atoms with E-state index in [1.165, 1.54) is 6.42 Å². The number of hydrogen-bond acceptors (Lipinski definition) is 2. The van der Waals surface area contributed by atoms with Crippen molar-refractivity contribution in [2.24, 2.45) is 0 Å². The number of halogens is 2. The van der Waals surface area contributed by atoms with Gasteiger partial charge in [-0.3, -0.25) is 0 Å². The number of rotatable bonds is 7. The first-order chi connectivity index (χ1) is 8.95. The molecule has 0 spiro atoms. The van der Waals surface area contributed by atoms with Crippen molar-refractivity contribution in [2.45, 2.75) is 39.3 Å². The summed E-state index contributed by atoms with van der Waals surface area (Å²) in [7, 11) is 2.17. The predicted octanol–water partition coefficient (Wildman–Crippen LogP) is 4.48. The molecule has 0 aliphatic heterocycles. The summed E-state index contributed by atoms with van der Waals surface area (Å²) in [4.78, 5) is 2.38. The highest BCUT2D eigenvalue weighted by Gasteiger charge is 2.11. The minimum absolute atomic E-state index is 0.269. The van der Waals surface area contributed by atoms with E-state index in [4.69, 9.17) is 11.6 Å². The maximum atomic E-state index is 6.26. The second kappa shape index (κ2) is 8.25. The molecule has 0 saturated carbocycles. The minimum atomic E-state index is 0.269. The Labute approximate surface area is 130 Å². The van der Waals surface area contributed by atoms with Gasteiger partial charge in [-0.2, -0.15) is 0 Å². The molecule has 1 rings (SSSR count). The van der Waals surface area contributed by atoms with Gasteiger partial charge in [-0.15, -0.1) is 0 Å². The van der Waals surface area contributed by atoms with Crippen LogP contribution >= 0.6 is 27.5 Å². The number of nitrogens with one attached hydrogen (secondary N) is 1. The zero-order chi connectivity index (χ0) is 14.4. The molecule has 0 bridgehead atoms. The topological polar surface area (TPSA) is 15.3 Å². The molecule has 0 aromatic heterocycles. The number of likely N-dealkylation sites (N-methyl/N-ethyl adjacent to an activating group) is 1. The molecule has 2 atom stereocenters. The maximum absolute atomic E-state index is 6.26. The van der Waals surface area contributed by atoms with Crippen LogP contribution in [0.1, 0.15) is 38.8 Å². The molecule has 1 N–H and O–H groups in total. The van der Waals surface area contributed by atoms with Gasteiger partial charge in [0.2, 0.25) is 0 Å². The van der Waals surface area contributed by atoms with Crippen LogP contribution in [0, 0.1) is 0 Å². The van der Waals surface area contributed by atoms with E-state index in [0.29, 0.717) is 6.04 Å². The second-order valence-electron chi connectivity index (χ2n) is 5.08. The first-order valence-electron chi connectivity index (χ1n) is 6.84. The lowest BCUT2D eigenvalue weighted by Crippen LogP contribution is -2.35. The molecule has 0 saturated heterocycles. The molecule has 4 heteroatoms. The summed E-state index contributed by atoms with van der Waals surface area (Å²) < 4.78 is 1.02. The first kappa shape index (κ1) is 17.0. The molecule has 0 aliphatic carbocycles. The average Bonchev–Trinajstić information content (AvgIpc) is 2.37. The van der Waals surface area contributed by atoms with E-state index < -0.39 is 0 Å². The van der Waals surface area contributed by atoms with Crippen molar-refractivity contribution in [1.29, 1.82) is 0 Å². The monoisotopic (exact) mass is 346 g/mol. The molecule has 2 nitrogen and oxygen atoms in total. The fraction of sp³-hybridized carbons (Fsp3) is 0.600. The van der Waals surface area contributed by atoms with E-state index in [-0.39, 0.29) is 6.04 Å². The van der Waals surface area contributed by atoms with Crippen LogP contribution in [-0.2, 0) is 0 Å².